The number of fused-ring (bicyclic) bond motifs is 1. The molecule has 16 heteroatoms. The number of primary amides is 1. The predicted octanol–water partition coefficient (Wildman–Crippen LogP) is 5.99. The zero-order chi connectivity index (χ0) is 27.4. The molecule has 194 valence electrons. The number of alkyl halides is 6. The number of nitrogens with zero attached hydrogens (tertiary/aromatic N) is 3. The Bertz CT molecular complexity index is 1560. The van der Waals surface area contributed by atoms with E-state index < -0.39 is 56.4 Å². The molecule has 0 atom stereocenters. The van der Waals surface area contributed by atoms with Crippen LogP contribution in [0.15, 0.2) is 34.8 Å². The average molecular weight is 610 g/mol. The van der Waals surface area contributed by atoms with Crippen molar-refractivity contribution in [3.05, 3.63) is 62.6 Å². The van der Waals surface area contributed by atoms with Crippen LogP contribution in [0, 0.1) is 5.82 Å². The number of rotatable bonds is 4. The topological polar surface area (TPSA) is 103 Å². The molecule has 0 saturated heterocycles. The van der Waals surface area contributed by atoms with E-state index >= 15 is 0 Å². The molecular formula is C21H11BrF7N5O2S. The molecule has 2 amide bonds. The van der Waals surface area contributed by atoms with Crippen molar-refractivity contribution in [3.8, 4) is 11.1 Å². The average Bonchev–Trinajstić information content (AvgIpc) is 3.30. The highest BCUT2D eigenvalue weighted by atomic mass is 79.9. The number of amides is 2. The fraction of sp³-hybridized carbons (Fsp3) is 0.143. The van der Waals surface area contributed by atoms with E-state index in [4.69, 9.17) is 5.73 Å². The van der Waals surface area contributed by atoms with Gasteiger partial charge in [0.15, 0.2) is 5.69 Å². The maximum Gasteiger partial charge on any atom is 0.436 e. The predicted molar refractivity (Wildman–Crippen MR) is 122 cm³/mol. The Morgan fingerprint density at radius 2 is 1.70 bits per heavy atom. The molecule has 0 aliphatic rings. The molecule has 0 radical (unpaired) electrons. The summed E-state index contributed by atoms with van der Waals surface area (Å²) in [7, 11) is 1.07. The minimum Gasteiger partial charge on any atom is -0.365 e. The molecule has 3 aromatic heterocycles. The van der Waals surface area contributed by atoms with E-state index in [0.29, 0.717) is 22.1 Å². The first-order valence-electron chi connectivity index (χ1n) is 9.81. The Morgan fingerprint density at radius 3 is 2.22 bits per heavy atom. The molecule has 3 heterocycles. The Kier molecular flexibility index (Phi) is 6.52. The van der Waals surface area contributed by atoms with Crippen LogP contribution in [0.4, 0.5) is 36.4 Å². The van der Waals surface area contributed by atoms with Crippen molar-refractivity contribution < 1.29 is 40.3 Å². The van der Waals surface area contributed by atoms with Crippen molar-refractivity contribution in [2.24, 2.45) is 12.8 Å². The van der Waals surface area contributed by atoms with Gasteiger partial charge in [0.25, 0.3) is 11.8 Å². The number of nitrogens with one attached hydrogen (secondary N) is 1. The number of carbonyl (C=O) groups excluding carboxylic acids is 2. The number of pyridine rings is 1. The highest BCUT2D eigenvalue weighted by molar-refractivity contribution is 9.10. The number of carbonyl (C=O) groups is 2. The number of thiophene rings is 1. The Morgan fingerprint density at radius 1 is 1.08 bits per heavy atom. The van der Waals surface area contributed by atoms with Gasteiger partial charge in [-0.2, -0.15) is 31.4 Å². The normalized spacial score (nSPS) is 12.2. The van der Waals surface area contributed by atoms with E-state index in [2.05, 4.69) is 31.3 Å². The van der Waals surface area contributed by atoms with Gasteiger partial charge in [0.1, 0.15) is 26.9 Å². The number of nitrogens with two attached hydrogens (primary N) is 1. The number of aromatic nitrogens is 3. The Labute approximate surface area is 214 Å². The van der Waals surface area contributed by atoms with Crippen molar-refractivity contribution in [3.63, 3.8) is 0 Å². The second kappa shape index (κ2) is 9.09. The van der Waals surface area contributed by atoms with E-state index in [0.717, 1.165) is 19.2 Å². The van der Waals surface area contributed by atoms with Crippen LogP contribution in [0.2, 0.25) is 0 Å². The first kappa shape index (κ1) is 26.5. The van der Waals surface area contributed by atoms with E-state index in [1.807, 2.05) is 0 Å². The van der Waals surface area contributed by atoms with Crippen molar-refractivity contribution in [2.45, 2.75) is 12.4 Å². The van der Waals surface area contributed by atoms with Gasteiger partial charge in [-0.25, -0.2) is 9.37 Å². The van der Waals surface area contributed by atoms with E-state index in [-0.39, 0.29) is 27.0 Å². The number of benzene rings is 1. The fourth-order valence-electron chi connectivity index (χ4n) is 3.49. The van der Waals surface area contributed by atoms with Gasteiger partial charge < -0.3 is 11.1 Å². The quantitative estimate of drug-likeness (QED) is 0.278. The van der Waals surface area contributed by atoms with Crippen LogP contribution in [-0.4, -0.2) is 26.6 Å². The molecule has 0 aliphatic carbocycles. The summed E-state index contributed by atoms with van der Waals surface area (Å²) in [6.07, 6.45) is -9.81. The van der Waals surface area contributed by atoms with Crippen LogP contribution in [0.25, 0.3) is 21.3 Å². The molecule has 0 unspecified atom stereocenters. The van der Waals surface area contributed by atoms with Crippen LogP contribution in [0.3, 0.4) is 0 Å². The number of aryl methyl sites for hydroxylation is 1. The molecule has 4 aromatic rings. The summed E-state index contributed by atoms with van der Waals surface area (Å²) < 4.78 is 93.9. The monoisotopic (exact) mass is 609 g/mol. The van der Waals surface area contributed by atoms with Gasteiger partial charge in [-0.05, 0) is 45.3 Å². The molecule has 37 heavy (non-hydrogen) atoms. The minimum atomic E-state index is -4.91. The van der Waals surface area contributed by atoms with Gasteiger partial charge in [-0.3, -0.25) is 14.3 Å². The van der Waals surface area contributed by atoms with E-state index in [1.54, 1.807) is 0 Å². The lowest BCUT2D eigenvalue weighted by atomic mass is 10.0. The first-order valence-corrected chi connectivity index (χ1v) is 11.4. The summed E-state index contributed by atoms with van der Waals surface area (Å²) in [5, 5.41) is 5.41. The summed E-state index contributed by atoms with van der Waals surface area (Å²) in [5.74, 6) is -3.00. The van der Waals surface area contributed by atoms with Gasteiger partial charge in [0.05, 0.1) is 10.2 Å². The first-order chi connectivity index (χ1) is 17.1. The van der Waals surface area contributed by atoms with Crippen LogP contribution in [0.1, 0.15) is 31.5 Å². The van der Waals surface area contributed by atoms with Crippen LogP contribution >= 0.6 is 27.3 Å². The van der Waals surface area contributed by atoms with E-state index in [1.165, 1.54) is 12.1 Å². The van der Waals surface area contributed by atoms with Crippen LogP contribution in [0.5, 0.6) is 0 Å². The number of hydrogen-bond donors (Lipinski definition) is 2. The maximum atomic E-state index is 13.6. The van der Waals surface area contributed by atoms with Gasteiger partial charge in [-0.1, -0.05) is 12.1 Å². The summed E-state index contributed by atoms with van der Waals surface area (Å²) in [5.41, 5.74) is 1.58. The van der Waals surface area contributed by atoms with E-state index in [9.17, 15) is 40.3 Å². The molecule has 0 saturated carbocycles. The molecule has 0 bridgehead atoms. The highest BCUT2D eigenvalue weighted by Gasteiger charge is 2.40. The zero-order valence-corrected chi connectivity index (χ0v) is 20.5. The van der Waals surface area contributed by atoms with Crippen molar-refractivity contribution >= 4 is 55.0 Å². The summed E-state index contributed by atoms with van der Waals surface area (Å²) >= 11 is 3.14. The van der Waals surface area contributed by atoms with Gasteiger partial charge in [0, 0.05) is 12.4 Å². The molecule has 7 nitrogen and oxygen atoms in total. The largest absolute Gasteiger partial charge is 0.436 e. The SMILES string of the molecule is Cn1nc(C(F)(F)F)c(Br)c1C(=O)Nc1c(C(N)=O)sc2nc(C(F)(F)F)cc(-c3ccc(F)cc3)c12. The third-order valence-corrected chi connectivity index (χ3v) is 6.89. The highest BCUT2D eigenvalue weighted by Crippen LogP contribution is 2.44. The smallest absolute Gasteiger partial charge is 0.365 e. The second-order valence-electron chi connectivity index (χ2n) is 7.50. The van der Waals surface area contributed by atoms with Crippen molar-refractivity contribution in [2.75, 3.05) is 5.32 Å². The lowest BCUT2D eigenvalue weighted by molar-refractivity contribution is -0.142. The number of halogens is 8. The van der Waals surface area contributed by atoms with Crippen LogP contribution in [-0.2, 0) is 19.4 Å². The maximum absolute atomic E-state index is 13.6. The van der Waals surface area contributed by atoms with Gasteiger partial charge in [0.2, 0.25) is 0 Å². The minimum absolute atomic E-state index is 0.0738. The zero-order valence-electron chi connectivity index (χ0n) is 18.1. The van der Waals surface area contributed by atoms with Crippen molar-refractivity contribution in [1.29, 1.82) is 0 Å². The molecular weight excluding hydrogens is 599 g/mol. The molecule has 0 aliphatic heterocycles. The van der Waals surface area contributed by atoms with Gasteiger partial charge >= 0.3 is 12.4 Å². The lowest BCUT2D eigenvalue weighted by Crippen LogP contribution is -2.19. The summed E-state index contributed by atoms with van der Waals surface area (Å²) in [6, 6.07) is 4.96. The molecule has 0 spiro atoms. The van der Waals surface area contributed by atoms with Gasteiger partial charge in [-0.15, -0.1) is 11.3 Å². The molecule has 0 fully saturated rings. The second-order valence-corrected chi connectivity index (χ2v) is 9.29. The number of anilines is 1. The summed E-state index contributed by atoms with van der Waals surface area (Å²) in [6.45, 7) is 0. The third-order valence-electron chi connectivity index (χ3n) is 5.04. The Hall–Kier alpha value is -3.53. The molecule has 1 aromatic carbocycles. The fourth-order valence-corrected chi connectivity index (χ4v) is 5.24. The van der Waals surface area contributed by atoms with Crippen molar-refractivity contribution in [1.82, 2.24) is 14.8 Å². The summed E-state index contributed by atoms with van der Waals surface area (Å²) in [4.78, 5) is 28.0. The van der Waals surface area contributed by atoms with Crippen LogP contribution < -0.4 is 11.1 Å². The third kappa shape index (κ3) is 4.90. The molecule has 3 N–H and O–H groups in total. The Balaban J connectivity index is 1.97. The molecule has 4 rings (SSSR count). The lowest BCUT2D eigenvalue weighted by Gasteiger charge is -2.12. The number of hydrogen-bond acceptors (Lipinski definition) is 5. The standard InChI is InChI=1S/C21H11BrF7N5O2S/c1-34-14(12(22)16(33-34)21(27,28)29)18(36)32-13-11-9(7-2-4-8(23)5-3-7)6-10(20(24,25)26)31-19(11)37-15(13)17(30)35/h2-6H,1H3,(H2,30,35)(H,32,36).